The first-order valence-electron chi connectivity index (χ1n) is 7.06. The van der Waals surface area contributed by atoms with Crippen LogP contribution < -0.4 is 11.4 Å². The number of nitrogens with one attached hydrogen (secondary N) is 1. The lowest BCUT2D eigenvalue weighted by Gasteiger charge is -2.08. The zero-order chi connectivity index (χ0) is 15.1. The van der Waals surface area contributed by atoms with Crippen LogP contribution in [-0.2, 0) is 6.54 Å². The van der Waals surface area contributed by atoms with Crippen LogP contribution in [0, 0.1) is 0 Å². The third-order valence-corrected chi connectivity index (χ3v) is 3.92. The van der Waals surface area contributed by atoms with E-state index in [-0.39, 0.29) is 5.69 Å². The molecule has 22 heavy (non-hydrogen) atoms. The molecule has 0 spiro atoms. The van der Waals surface area contributed by atoms with Crippen LogP contribution in [0.4, 0.5) is 0 Å². The van der Waals surface area contributed by atoms with E-state index in [0.717, 1.165) is 27.6 Å². The maximum Gasteiger partial charge on any atom is 0.348 e. The average molecular weight is 290 g/mol. The van der Waals surface area contributed by atoms with Crippen molar-refractivity contribution in [3.05, 3.63) is 70.6 Å². The van der Waals surface area contributed by atoms with Gasteiger partial charge >= 0.3 is 5.69 Å². The van der Waals surface area contributed by atoms with Crippen molar-refractivity contribution in [1.29, 1.82) is 0 Å². The molecular formula is C17H14N4O. The Hall–Kier alpha value is -2.92. The van der Waals surface area contributed by atoms with Crippen molar-refractivity contribution in [2.45, 2.75) is 6.54 Å². The van der Waals surface area contributed by atoms with Gasteiger partial charge in [-0.25, -0.2) is 14.3 Å². The Morgan fingerprint density at radius 3 is 2.64 bits per heavy atom. The number of aromatic amines is 1. The monoisotopic (exact) mass is 290 g/mol. The van der Waals surface area contributed by atoms with E-state index in [9.17, 15) is 4.79 Å². The van der Waals surface area contributed by atoms with Crippen molar-refractivity contribution in [1.82, 2.24) is 14.6 Å². The number of pyridine rings is 1. The second-order valence-corrected chi connectivity index (χ2v) is 5.20. The highest BCUT2D eigenvalue weighted by molar-refractivity contribution is 5.96. The molecule has 0 aliphatic heterocycles. The lowest BCUT2D eigenvalue weighted by atomic mass is 9.99. The molecule has 0 fully saturated rings. The predicted molar refractivity (Wildman–Crippen MR) is 86.6 cm³/mol. The minimum absolute atomic E-state index is 0.226. The van der Waals surface area contributed by atoms with Gasteiger partial charge in [0.25, 0.3) is 0 Å². The Kier molecular flexibility index (Phi) is 2.80. The van der Waals surface area contributed by atoms with Crippen LogP contribution in [-0.4, -0.2) is 14.6 Å². The van der Waals surface area contributed by atoms with Crippen molar-refractivity contribution >= 4 is 16.6 Å². The van der Waals surface area contributed by atoms with Crippen molar-refractivity contribution in [2.24, 2.45) is 5.73 Å². The summed E-state index contributed by atoms with van der Waals surface area (Å²) in [5, 5.41) is 7.50. The van der Waals surface area contributed by atoms with Crippen LogP contribution in [0.1, 0.15) is 5.56 Å². The standard InChI is InChI=1S/C17H14N4O/c18-10-11-4-6-12(7-5-11)13-2-1-3-15-14(13)8-9-16-19-20-17(22)21(15)16/h1-9H,10,18H2,(H,20,22). The van der Waals surface area contributed by atoms with E-state index in [1.807, 2.05) is 36.4 Å². The topological polar surface area (TPSA) is 76.2 Å². The average Bonchev–Trinajstić information content (AvgIpc) is 2.96. The minimum Gasteiger partial charge on any atom is -0.326 e. The molecule has 2 aromatic carbocycles. The van der Waals surface area contributed by atoms with E-state index < -0.39 is 0 Å². The van der Waals surface area contributed by atoms with Gasteiger partial charge < -0.3 is 5.73 Å². The normalized spacial score (nSPS) is 11.3. The first-order valence-corrected chi connectivity index (χ1v) is 7.06. The highest BCUT2D eigenvalue weighted by Crippen LogP contribution is 2.28. The maximum atomic E-state index is 12.0. The summed E-state index contributed by atoms with van der Waals surface area (Å²) < 4.78 is 1.59. The Balaban J connectivity index is 2.03. The summed E-state index contributed by atoms with van der Waals surface area (Å²) in [6.07, 6.45) is 0. The van der Waals surface area contributed by atoms with Gasteiger partial charge in [-0.2, -0.15) is 5.10 Å². The van der Waals surface area contributed by atoms with Gasteiger partial charge in [0.2, 0.25) is 0 Å². The molecular weight excluding hydrogens is 276 g/mol. The molecule has 108 valence electrons. The molecule has 0 saturated heterocycles. The molecule has 0 aliphatic rings. The zero-order valence-electron chi connectivity index (χ0n) is 11.8. The summed E-state index contributed by atoms with van der Waals surface area (Å²) in [7, 11) is 0. The number of nitrogens with zero attached hydrogens (tertiary/aromatic N) is 2. The van der Waals surface area contributed by atoms with E-state index >= 15 is 0 Å². The summed E-state index contributed by atoms with van der Waals surface area (Å²) in [5.41, 5.74) is 10.2. The van der Waals surface area contributed by atoms with Crippen LogP contribution in [0.2, 0.25) is 0 Å². The Labute approximate surface area is 126 Å². The van der Waals surface area contributed by atoms with E-state index in [4.69, 9.17) is 5.73 Å². The number of nitrogens with two attached hydrogens (primary N) is 1. The Morgan fingerprint density at radius 1 is 1.05 bits per heavy atom. The Morgan fingerprint density at radius 2 is 1.86 bits per heavy atom. The van der Waals surface area contributed by atoms with Crippen molar-refractivity contribution < 1.29 is 0 Å². The van der Waals surface area contributed by atoms with Crippen molar-refractivity contribution in [3.63, 3.8) is 0 Å². The van der Waals surface area contributed by atoms with Crippen molar-refractivity contribution in [2.75, 3.05) is 0 Å². The van der Waals surface area contributed by atoms with Gasteiger partial charge in [0, 0.05) is 11.9 Å². The summed E-state index contributed by atoms with van der Waals surface area (Å²) in [4.78, 5) is 12.0. The molecule has 0 unspecified atom stereocenters. The number of hydrogen-bond acceptors (Lipinski definition) is 3. The highest BCUT2D eigenvalue weighted by Gasteiger charge is 2.09. The molecule has 0 aliphatic carbocycles. The SMILES string of the molecule is NCc1ccc(-c2cccc3c2ccc2n[nH]c(=O)n23)cc1. The van der Waals surface area contributed by atoms with Crippen LogP contribution in [0.5, 0.6) is 0 Å². The number of hydrogen-bond donors (Lipinski definition) is 2. The van der Waals surface area contributed by atoms with Gasteiger partial charge in [-0.15, -0.1) is 0 Å². The lowest BCUT2D eigenvalue weighted by Crippen LogP contribution is -2.09. The smallest absolute Gasteiger partial charge is 0.326 e. The van der Waals surface area contributed by atoms with E-state index in [0.29, 0.717) is 12.2 Å². The predicted octanol–water partition coefficient (Wildman–Crippen LogP) is 2.30. The number of benzene rings is 2. The third-order valence-electron chi connectivity index (χ3n) is 3.92. The summed E-state index contributed by atoms with van der Waals surface area (Å²) in [5.74, 6) is 0. The molecule has 2 aromatic heterocycles. The lowest BCUT2D eigenvalue weighted by molar-refractivity contribution is 1.04. The summed E-state index contributed by atoms with van der Waals surface area (Å²) in [6.45, 7) is 0.529. The Bertz CT molecular complexity index is 1030. The van der Waals surface area contributed by atoms with Crippen LogP contribution >= 0.6 is 0 Å². The number of aromatic nitrogens is 3. The molecule has 0 saturated carbocycles. The van der Waals surface area contributed by atoms with Gasteiger partial charge in [0.15, 0.2) is 5.65 Å². The molecule has 5 heteroatoms. The van der Waals surface area contributed by atoms with Crippen LogP contribution in [0.3, 0.4) is 0 Å². The van der Waals surface area contributed by atoms with Gasteiger partial charge in [0.05, 0.1) is 5.52 Å². The number of rotatable bonds is 2. The van der Waals surface area contributed by atoms with Gasteiger partial charge in [0.1, 0.15) is 0 Å². The third kappa shape index (κ3) is 1.83. The number of fused-ring (bicyclic) bond motifs is 3. The van der Waals surface area contributed by atoms with E-state index in [2.05, 4.69) is 28.4 Å². The largest absolute Gasteiger partial charge is 0.348 e. The first kappa shape index (κ1) is 12.8. The molecule has 0 radical (unpaired) electrons. The van der Waals surface area contributed by atoms with Crippen molar-refractivity contribution in [3.8, 4) is 11.1 Å². The van der Waals surface area contributed by atoms with E-state index in [1.54, 1.807) is 4.40 Å². The fourth-order valence-electron chi connectivity index (χ4n) is 2.81. The van der Waals surface area contributed by atoms with Crippen LogP contribution in [0.15, 0.2) is 59.4 Å². The molecule has 5 nitrogen and oxygen atoms in total. The first-order chi connectivity index (χ1) is 10.8. The second-order valence-electron chi connectivity index (χ2n) is 5.20. The molecule has 4 aromatic rings. The summed E-state index contributed by atoms with van der Waals surface area (Å²) in [6, 6.07) is 17.9. The molecule has 4 rings (SSSR count). The fraction of sp³-hybridized carbons (Fsp3) is 0.0588. The summed E-state index contributed by atoms with van der Waals surface area (Å²) >= 11 is 0. The zero-order valence-corrected chi connectivity index (χ0v) is 11.8. The second kappa shape index (κ2) is 4.82. The van der Waals surface area contributed by atoms with E-state index in [1.165, 1.54) is 0 Å². The minimum atomic E-state index is -0.226. The molecule has 0 amide bonds. The highest BCUT2D eigenvalue weighted by atomic mass is 16.1. The number of H-pyrrole nitrogens is 1. The van der Waals surface area contributed by atoms with Crippen LogP contribution in [0.25, 0.3) is 27.7 Å². The molecule has 2 heterocycles. The maximum absolute atomic E-state index is 12.0. The molecule has 0 atom stereocenters. The molecule has 3 N–H and O–H groups in total. The van der Waals surface area contributed by atoms with Gasteiger partial charge in [-0.1, -0.05) is 36.4 Å². The quantitative estimate of drug-likeness (QED) is 0.594. The van der Waals surface area contributed by atoms with Gasteiger partial charge in [-0.05, 0) is 34.9 Å². The molecule has 0 bridgehead atoms. The van der Waals surface area contributed by atoms with Gasteiger partial charge in [-0.3, -0.25) is 0 Å². The fourth-order valence-corrected chi connectivity index (χ4v) is 2.81.